The van der Waals surface area contributed by atoms with Crippen LogP contribution in [-0.4, -0.2) is 56.1 Å². The van der Waals surface area contributed by atoms with Crippen LogP contribution in [0.1, 0.15) is 18.0 Å². The molecule has 0 radical (unpaired) electrons. The van der Waals surface area contributed by atoms with Crippen molar-refractivity contribution >= 4 is 12.2 Å². The van der Waals surface area contributed by atoms with E-state index in [0.717, 1.165) is 18.5 Å². The zero-order chi connectivity index (χ0) is 24.0. The highest BCUT2D eigenvalue weighted by Gasteiger charge is 2.39. The molecular formula is C22H18F4N6O2. The van der Waals surface area contributed by atoms with Crippen LogP contribution in [0.25, 0.3) is 11.4 Å². The summed E-state index contributed by atoms with van der Waals surface area (Å²) < 4.78 is 62.5. The molecule has 1 atom stereocenters. The van der Waals surface area contributed by atoms with E-state index in [-0.39, 0.29) is 30.2 Å². The number of benzene rings is 1. The van der Waals surface area contributed by atoms with E-state index in [4.69, 9.17) is 4.74 Å². The molecule has 2 amide bonds. The maximum absolute atomic E-state index is 14.3. The van der Waals surface area contributed by atoms with E-state index >= 15 is 0 Å². The minimum Gasteiger partial charge on any atom is -0.483 e. The number of ether oxygens (including phenoxy) is 1. The Labute approximate surface area is 191 Å². The summed E-state index contributed by atoms with van der Waals surface area (Å²) in [7, 11) is 1.53. The zero-order valence-electron chi connectivity index (χ0n) is 17.8. The number of hydrazone groups is 1. The maximum atomic E-state index is 14.3. The molecule has 8 nitrogen and oxygen atoms in total. The van der Waals surface area contributed by atoms with Crippen molar-refractivity contribution in [3.05, 3.63) is 65.5 Å². The quantitative estimate of drug-likeness (QED) is 0.541. The third-order valence-electron chi connectivity index (χ3n) is 5.66. The van der Waals surface area contributed by atoms with Crippen molar-refractivity contribution in [1.29, 1.82) is 0 Å². The molecule has 2 aliphatic heterocycles. The van der Waals surface area contributed by atoms with Crippen molar-refractivity contribution < 1.29 is 27.1 Å². The summed E-state index contributed by atoms with van der Waals surface area (Å²) in [4.78, 5) is 18.2. The Bertz CT molecular complexity index is 1250. The van der Waals surface area contributed by atoms with Crippen molar-refractivity contribution in [1.82, 2.24) is 24.7 Å². The number of aromatic nitrogens is 3. The number of pyridine rings is 1. The Balaban J connectivity index is 1.25. The van der Waals surface area contributed by atoms with Gasteiger partial charge in [0.2, 0.25) is 0 Å². The van der Waals surface area contributed by atoms with E-state index in [0.29, 0.717) is 12.0 Å². The number of urea groups is 1. The maximum Gasteiger partial charge on any atom is 0.341 e. The molecule has 1 unspecified atom stereocenters. The molecule has 12 heteroatoms. The molecule has 1 fully saturated rings. The van der Waals surface area contributed by atoms with Gasteiger partial charge in [-0.05, 0) is 17.7 Å². The van der Waals surface area contributed by atoms with Crippen molar-refractivity contribution in [2.24, 2.45) is 12.1 Å². The van der Waals surface area contributed by atoms with Gasteiger partial charge in [-0.25, -0.2) is 27.4 Å². The summed E-state index contributed by atoms with van der Waals surface area (Å²) in [5.41, 5.74) is 0.533. The normalized spacial score (nSPS) is 17.9. The number of carbonyl (C=O) groups excluding carboxylic acids is 1. The molecule has 2 aromatic heterocycles. The number of halogens is 4. The van der Waals surface area contributed by atoms with Crippen LogP contribution in [0.4, 0.5) is 22.4 Å². The summed E-state index contributed by atoms with van der Waals surface area (Å²) >= 11 is 0. The fourth-order valence-electron chi connectivity index (χ4n) is 3.98. The summed E-state index contributed by atoms with van der Waals surface area (Å²) in [6, 6.07) is 3.27. The molecule has 1 saturated heterocycles. The van der Waals surface area contributed by atoms with Crippen LogP contribution in [0, 0.1) is 23.3 Å². The monoisotopic (exact) mass is 474 g/mol. The van der Waals surface area contributed by atoms with E-state index in [1.807, 2.05) is 0 Å². The molecule has 0 N–H and O–H groups in total. The Hall–Kier alpha value is -3.96. The van der Waals surface area contributed by atoms with Crippen molar-refractivity contribution in [2.75, 3.05) is 13.1 Å². The molecule has 0 saturated carbocycles. The first-order chi connectivity index (χ1) is 16.3. The highest BCUT2D eigenvalue weighted by Crippen LogP contribution is 2.32. The van der Waals surface area contributed by atoms with Crippen LogP contribution in [0.3, 0.4) is 0 Å². The Morgan fingerprint density at radius 3 is 2.44 bits per heavy atom. The second kappa shape index (κ2) is 8.43. The first-order valence-corrected chi connectivity index (χ1v) is 10.4. The first kappa shape index (κ1) is 21.9. The van der Waals surface area contributed by atoms with Gasteiger partial charge in [-0.1, -0.05) is 0 Å². The number of likely N-dealkylation sites (tertiary alicyclic amines) is 1. The average molecular weight is 474 g/mol. The second-order valence-electron chi connectivity index (χ2n) is 7.99. The van der Waals surface area contributed by atoms with Crippen LogP contribution in [0.2, 0.25) is 0 Å². The lowest BCUT2D eigenvalue weighted by Gasteiger charge is -2.41. The van der Waals surface area contributed by atoms with E-state index < -0.39 is 41.4 Å². The number of aryl methyl sites for hydroxylation is 1. The van der Waals surface area contributed by atoms with Crippen LogP contribution in [-0.2, 0) is 7.05 Å². The van der Waals surface area contributed by atoms with Gasteiger partial charge in [0, 0.05) is 31.8 Å². The van der Waals surface area contributed by atoms with Crippen LogP contribution < -0.4 is 4.74 Å². The smallest absolute Gasteiger partial charge is 0.341 e. The molecule has 0 aliphatic carbocycles. The number of rotatable bonds is 4. The lowest BCUT2D eigenvalue weighted by atomic mass is 10.0. The SMILES string of the molecule is Cn1ncc(F)c1-c1cc(OC2CN(C(=O)N3N=CCC3c3cc(F)cc(F)c3)C2)c(F)cn1. The number of hydrogen-bond acceptors (Lipinski definition) is 5. The van der Waals surface area contributed by atoms with E-state index in [1.54, 1.807) is 0 Å². The summed E-state index contributed by atoms with van der Waals surface area (Å²) in [5, 5.41) is 9.02. The van der Waals surface area contributed by atoms with Crippen LogP contribution >= 0.6 is 0 Å². The van der Waals surface area contributed by atoms with E-state index in [2.05, 4.69) is 15.2 Å². The molecular weight excluding hydrogens is 456 g/mol. The summed E-state index contributed by atoms with van der Waals surface area (Å²) in [6.45, 7) is 0.290. The topological polar surface area (TPSA) is 75.8 Å². The van der Waals surface area contributed by atoms with Crippen LogP contribution in [0.15, 0.2) is 41.8 Å². The van der Waals surface area contributed by atoms with Gasteiger partial charge in [0.15, 0.2) is 17.4 Å². The third kappa shape index (κ3) is 3.95. The highest BCUT2D eigenvalue weighted by atomic mass is 19.1. The minimum absolute atomic E-state index is 0.0852. The van der Waals surface area contributed by atoms with E-state index in [9.17, 15) is 22.4 Å². The summed E-state index contributed by atoms with van der Waals surface area (Å²) in [6.07, 6.45) is 3.27. The van der Waals surface area contributed by atoms with Gasteiger partial charge in [0.25, 0.3) is 0 Å². The lowest BCUT2D eigenvalue weighted by Crippen LogP contribution is -2.58. The minimum atomic E-state index is -0.739. The number of carbonyl (C=O) groups is 1. The van der Waals surface area contributed by atoms with Gasteiger partial charge in [-0.2, -0.15) is 10.2 Å². The molecule has 5 rings (SSSR count). The Kier molecular flexibility index (Phi) is 5.42. The standard InChI is InChI=1S/C22H18F4N6O2/c1-30-21(17(26)9-29-30)18-7-20(16(25)8-27-18)34-15-10-31(11-15)22(33)32-19(2-3-28-32)12-4-13(23)6-14(24)5-12/h3-9,15,19H,2,10-11H2,1H3. The van der Waals surface area contributed by atoms with Crippen molar-refractivity contribution in [2.45, 2.75) is 18.6 Å². The highest BCUT2D eigenvalue weighted by molar-refractivity contribution is 5.79. The fraction of sp³-hybridized carbons (Fsp3) is 0.273. The predicted molar refractivity (Wildman–Crippen MR) is 112 cm³/mol. The predicted octanol–water partition coefficient (Wildman–Crippen LogP) is 3.65. The average Bonchev–Trinajstić information content (AvgIpc) is 3.37. The van der Waals surface area contributed by atoms with Gasteiger partial charge in [-0.15, -0.1) is 0 Å². The largest absolute Gasteiger partial charge is 0.483 e. The van der Waals surface area contributed by atoms with Gasteiger partial charge >= 0.3 is 6.03 Å². The van der Waals surface area contributed by atoms with Gasteiger partial charge in [-0.3, -0.25) is 9.67 Å². The molecule has 0 bridgehead atoms. The Morgan fingerprint density at radius 1 is 1.03 bits per heavy atom. The molecule has 176 valence electrons. The third-order valence-corrected chi connectivity index (χ3v) is 5.66. The summed E-state index contributed by atoms with van der Waals surface area (Å²) in [5.74, 6) is -2.94. The molecule has 0 spiro atoms. The first-order valence-electron chi connectivity index (χ1n) is 10.4. The van der Waals surface area contributed by atoms with Gasteiger partial charge < -0.3 is 9.64 Å². The fourth-order valence-corrected chi connectivity index (χ4v) is 3.98. The molecule has 2 aliphatic rings. The number of amides is 2. The lowest BCUT2D eigenvalue weighted by molar-refractivity contribution is 0.0256. The molecule has 3 aromatic rings. The second-order valence-corrected chi connectivity index (χ2v) is 7.99. The van der Waals surface area contributed by atoms with Gasteiger partial charge in [0.1, 0.15) is 23.4 Å². The zero-order valence-corrected chi connectivity index (χ0v) is 17.8. The Morgan fingerprint density at radius 2 is 1.76 bits per heavy atom. The van der Waals surface area contributed by atoms with Crippen molar-refractivity contribution in [3.63, 3.8) is 0 Å². The molecule has 1 aromatic carbocycles. The molecule has 4 heterocycles. The number of nitrogens with zero attached hydrogens (tertiary/aromatic N) is 6. The molecule has 34 heavy (non-hydrogen) atoms. The van der Waals surface area contributed by atoms with E-state index in [1.165, 1.54) is 46.1 Å². The number of hydrogen-bond donors (Lipinski definition) is 0. The van der Waals surface area contributed by atoms with Crippen LogP contribution in [0.5, 0.6) is 5.75 Å². The van der Waals surface area contributed by atoms with Crippen molar-refractivity contribution in [3.8, 4) is 17.1 Å². The van der Waals surface area contributed by atoms with Gasteiger partial charge in [0.05, 0.1) is 37.2 Å².